The van der Waals surface area contributed by atoms with Crippen LogP contribution in [-0.2, 0) is 19.2 Å². The van der Waals surface area contributed by atoms with Gasteiger partial charge in [0.1, 0.15) is 11.7 Å². The van der Waals surface area contributed by atoms with Crippen molar-refractivity contribution in [1.82, 2.24) is 0 Å². The van der Waals surface area contributed by atoms with Gasteiger partial charge in [0.2, 0.25) is 11.8 Å². The highest BCUT2D eigenvalue weighted by Gasteiger charge is 2.60. The minimum Gasteiger partial charge on any atom is -0.497 e. The second-order valence-corrected chi connectivity index (χ2v) is 8.17. The number of amides is 3. The van der Waals surface area contributed by atoms with Gasteiger partial charge in [-0.05, 0) is 54.1 Å². The summed E-state index contributed by atoms with van der Waals surface area (Å²) >= 11 is 0. The Balaban J connectivity index is 1.53. The van der Waals surface area contributed by atoms with Crippen LogP contribution in [0.5, 0.6) is 5.75 Å². The average Bonchev–Trinajstić information content (AvgIpc) is 3.36. The van der Waals surface area contributed by atoms with E-state index >= 15 is 0 Å². The van der Waals surface area contributed by atoms with Gasteiger partial charge in [0.15, 0.2) is 6.10 Å². The summed E-state index contributed by atoms with van der Waals surface area (Å²) in [6, 6.07) is 22.8. The van der Waals surface area contributed by atoms with Crippen molar-refractivity contribution in [2.75, 3.05) is 22.4 Å². The van der Waals surface area contributed by atoms with Crippen LogP contribution in [-0.4, -0.2) is 30.9 Å². The van der Waals surface area contributed by atoms with E-state index in [4.69, 9.17) is 9.57 Å². The predicted octanol–water partition coefficient (Wildman–Crippen LogP) is 3.70. The average molecular weight is 457 g/mol. The van der Waals surface area contributed by atoms with E-state index in [1.807, 2.05) is 42.5 Å². The molecule has 2 aliphatic heterocycles. The molecule has 8 heteroatoms. The number of ether oxygens (including phenoxy) is 1. The molecular formula is C26H23N3O5. The quantitative estimate of drug-likeness (QED) is 0.588. The Morgan fingerprint density at radius 1 is 0.882 bits per heavy atom. The van der Waals surface area contributed by atoms with Gasteiger partial charge < -0.3 is 10.1 Å². The van der Waals surface area contributed by atoms with Crippen LogP contribution in [0.4, 0.5) is 17.1 Å². The lowest BCUT2D eigenvalue weighted by atomic mass is 9.90. The fourth-order valence-corrected chi connectivity index (χ4v) is 4.50. The van der Waals surface area contributed by atoms with Crippen LogP contribution in [0.25, 0.3) is 0 Å². The normalized spacial score (nSPS) is 21.5. The van der Waals surface area contributed by atoms with E-state index < -0.39 is 24.0 Å². The van der Waals surface area contributed by atoms with Crippen molar-refractivity contribution >= 4 is 34.8 Å². The first kappa shape index (κ1) is 21.7. The summed E-state index contributed by atoms with van der Waals surface area (Å²) in [5, 5.41) is 4.38. The number of anilines is 3. The van der Waals surface area contributed by atoms with Crippen molar-refractivity contribution < 1.29 is 24.0 Å². The molecule has 2 aliphatic rings. The molecule has 0 spiro atoms. The number of methoxy groups -OCH3 is 1. The Morgan fingerprint density at radius 3 is 2.18 bits per heavy atom. The molecule has 3 aromatic carbocycles. The Morgan fingerprint density at radius 2 is 1.56 bits per heavy atom. The molecule has 2 heterocycles. The molecule has 8 nitrogen and oxygen atoms in total. The Labute approximate surface area is 196 Å². The molecule has 0 bridgehead atoms. The topological polar surface area (TPSA) is 88.2 Å². The molecule has 0 saturated carbocycles. The van der Waals surface area contributed by atoms with Crippen molar-refractivity contribution in [2.45, 2.75) is 19.1 Å². The number of hydrogen-bond donors (Lipinski definition) is 1. The number of para-hydroxylation sites is 1. The van der Waals surface area contributed by atoms with Gasteiger partial charge in [-0.15, -0.1) is 0 Å². The predicted molar refractivity (Wildman–Crippen MR) is 126 cm³/mol. The first-order valence-corrected chi connectivity index (χ1v) is 10.9. The molecule has 2 saturated heterocycles. The number of imide groups is 1. The standard InChI is InChI=1S/C26H23N3O5/c1-16(30)27-18-10-8-17(9-11-18)23-22-24(34-29(23)20-6-4-3-5-7-20)26(32)28(25(22)31)19-12-14-21(33-2)15-13-19/h3-15,22-24H,1-2H3,(H,27,30). The molecule has 3 unspecified atom stereocenters. The molecule has 3 amide bonds. The highest BCUT2D eigenvalue weighted by Crippen LogP contribution is 2.47. The van der Waals surface area contributed by atoms with Gasteiger partial charge in [-0.1, -0.05) is 30.3 Å². The van der Waals surface area contributed by atoms with Crippen LogP contribution in [0.3, 0.4) is 0 Å². The molecule has 0 aliphatic carbocycles. The highest BCUT2D eigenvalue weighted by atomic mass is 16.7. The molecule has 34 heavy (non-hydrogen) atoms. The van der Waals surface area contributed by atoms with E-state index in [2.05, 4.69) is 5.32 Å². The van der Waals surface area contributed by atoms with Crippen molar-refractivity contribution in [3.05, 3.63) is 84.4 Å². The maximum Gasteiger partial charge on any atom is 0.266 e. The zero-order valence-electron chi connectivity index (χ0n) is 18.7. The zero-order chi connectivity index (χ0) is 23.8. The van der Waals surface area contributed by atoms with Crippen LogP contribution in [0.15, 0.2) is 78.9 Å². The number of carbonyl (C=O) groups excluding carboxylic acids is 3. The summed E-state index contributed by atoms with van der Waals surface area (Å²) < 4.78 is 5.19. The maximum absolute atomic E-state index is 13.6. The van der Waals surface area contributed by atoms with Crippen molar-refractivity contribution in [2.24, 2.45) is 5.92 Å². The van der Waals surface area contributed by atoms with Gasteiger partial charge in [0.05, 0.1) is 24.5 Å². The molecule has 1 N–H and O–H groups in total. The summed E-state index contributed by atoms with van der Waals surface area (Å²) in [5.74, 6) is -1.00. The lowest BCUT2D eigenvalue weighted by Crippen LogP contribution is -2.37. The first-order valence-electron chi connectivity index (χ1n) is 10.9. The lowest BCUT2D eigenvalue weighted by Gasteiger charge is -2.29. The van der Waals surface area contributed by atoms with Gasteiger partial charge in [0.25, 0.3) is 5.91 Å². The van der Waals surface area contributed by atoms with Crippen LogP contribution in [0.2, 0.25) is 0 Å². The Kier molecular flexibility index (Phi) is 5.51. The van der Waals surface area contributed by atoms with Crippen LogP contribution in [0.1, 0.15) is 18.5 Å². The fraction of sp³-hybridized carbons (Fsp3) is 0.192. The van der Waals surface area contributed by atoms with Crippen LogP contribution < -0.4 is 20.0 Å². The third kappa shape index (κ3) is 3.68. The molecule has 0 aromatic heterocycles. The van der Waals surface area contributed by atoms with E-state index in [1.165, 1.54) is 11.8 Å². The van der Waals surface area contributed by atoms with Crippen molar-refractivity contribution in [3.63, 3.8) is 0 Å². The summed E-state index contributed by atoms with van der Waals surface area (Å²) in [4.78, 5) is 45.7. The Hall–Kier alpha value is -4.17. The lowest BCUT2D eigenvalue weighted by molar-refractivity contribution is -0.126. The summed E-state index contributed by atoms with van der Waals surface area (Å²) in [6.07, 6.45) is -0.949. The third-order valence-electron chi connectivity index (χ3n) is 6.03. The van der Waals surface area contributed by atoms with Gasteiger partial charge in [-0.3, -0.25) is 19.2 Å². The van der Waals surface area contributed by atoms with Gasteiger partial charge in [0, 0.05) is 12.6 Å². The van der Waals surface area contributed by atoms with E-state index in [9.17, 15) is 14.4 Å². The van der Waals surface area contributed by atoms with Crippen LogP contribution >= 0.6 is 0 Å². The number of rotatable bonds is 5. The fourth-order valence-electron chi connectivity index (χ4n) is 4.50. The molecule has 5 rings (SSSR count). The van der Waals surface area contributed by atoms with Crippen molar-refractivity contribution in [3.8, 4) is 5.75 Å². The smallest absolute Gasteiger partial charge is 0.266 e. The van der Waals surface area contributed by atoms with E-state index in [-0.39, 0.29) is 11.8 Å². The number of hydrogen-bond acceptors (Lipinski definition) is 6. The molecule has 3 atom stereocenters. The summed E-state index contributed by atoms with van der Waals surface area (Å²) in [6.45, 7) is 1.44. The first-order chi connectivity index (χ1) is 16.5. The zero-order valence-corrected chi connectivity index (χ0v) is 18.7. The van der Waals surface area contributed by atoms with E-state index in [0.717, 1.165) is 11.3 Å². The van der Waals surface area contributed by atoms with Gasteiger partial charge >= 0.3 is 0 Å². The second-order valence-electron chi connectivity index (χ2n) is 8.17. The molecular weight excluding hydrogens is 434 g/mol. The summed E-state index contributed by atoms with van der Waals surface area (Å²) in [7, 11) is 1.55. The number of benzene rings is 3. The van der Waals surface area contributed by atoms with Crippen molar-refractivity contribution in [1.29, 1.82) is 0 Å². The number of carbonyl (C=O) groups is 3. The Bertz CT molecular complexity index is 1230. The number of fused-ring (bicyclic) bond motifs is 1. The summed E-state index contributed by atoms with van der Waals surface area (Å²) in [5.41, 5.74) is 2.65. The molecule has 0 radical (unpaired) electrons. The van der Waals surface area contributed by atoms with Gasteiger partial charge in [-0.2, -0.15) is 0 Å². The third-order valence-corrected chi connectivity index (χ3v) is 6.03. The SMILES string of the molecule is COc1ccc(N2C(=O)C3ON(c4ccccc4)C(c4ccc(NC(C)=O)cc4)C3C2=O)cc1. The molecule has 3 aromatic rings. The van der Waals surface area contributed by atoms with Crippen LogP contribution in [0, 0.1) is 5.92 Å². The molecule has 172 valence electrons. The maximum atomic E-state index is 13.6. The minimum absolute atomic E-state index is 0.172. The number of nitrogens with zero attached hydrogens (tertiary/aromatic N) is 2. The largest absolute Gasteiger partial charge is 0.497 e. The second kappa shape index (κ2) is 8.64. The highest BCUT2D eigenvalue weighted by molar-refractivity contribution is 6.24. The van der Waals surface area contributed by atoms with Gasteiger partial charge in [-0.25, -0.2) is 9.96 Å². The number of nitrogens with one attached hydrogen (secondary N) is 1. The monoisotopic (exact) mass is 457 g/mol. The molecule has 2 fully saturated rings. The van der Waals surface area contributed by atoms with E-state index in [0.29, 0.717) is 17.1 Å². The number of hydroxylamine groups is 1. The van der Waals surface area contributed by atoms with E-state index in [1.54, 1.807) is 48.6 Å². The minimum atomic E-state index is -0.949.